The minimum Gasteiger partial charge on any atom is -0.343 e. The van der Waals surface area contributed by atoms with Crippen molar-refractivity contribution in [1.29, 1.82) is 0 Å². The summed E-state index contributed by atoms with van der Waals surface area (Å²) < 4.78 is 1.71. The van der Waals surface area contributed by atoms with Gasteiger partial charge in [-0.15, -0.1) is 0 Å². The lowest BCUT2D eigenvalue weighted by molar-refractivity contribution is -0.113. The van der Waals surface area contributed by atoms with E-state index in [1.807, 2.05) is 98.8 Å². The number of rotatable bonds is 5. The fourth-order valence-electron chi connectivity index (χ4n) is 4.30. The number of nitrogens with zero attached hydrogens (tertiary/aromatic N) is 2. The van der Waals surface area contributed by atoms with Gasteiger partial charge in [0.2, 0.25) is 0 Å². The Bertz CT molecular complexity index is 1420. The average Bonchev–Trinajstić information content (AvgIpc) is 3.28. The van der Waals surface area contributed by atoms with Crippen molar-refractivity contribution >= 4 is 29.0 Å². The van der Waals surface area contributed by atoms with Gasteiger partial charge < -0.3 is 16.0 Å². The van der Waals surface area contributed by atoms with Crippen molar-refractivity contribution in [3.8, 4) is 0 Å². The summed E-state index contributed by atoms with van der Waals surface area (Å²) in [5.74, 6) is 0.0285. The van der Waals surface area contributed by atoms with Crippen LogP contribution in [0.25, 0.3) is 0 Å². The van der Waals surface area contributed by atoms with E-state index >= 15 is 0 Å². The van der Waals surface area contributed by atoms with Crippen LogP contribution in [0, 0.1) is 6.92 Å². The van der Waals surface area contributed by atoms with Gasteiger partial charge in [0.1, 0.15) is 17.4 Å². The van der Waals surface area contributed by atoms with Gasteiger partial charge in [-0.25, -0.2) is 4.68 Å². The van der Waals surface area contributed by atoms with Gasteiger partial charge in [0.05, 0.1) is 11.8 Å². The molecule has 5 rings (SSSR count). The number of nitrogens with one attached hydrogen (secondary N) is 3. The Labute approximate surface area is 203 Å². The number of hydrogen-bond acceptors (Lipinski definition) is 4. The van der Waals surface area contributed by atoms with Crippen molar-refractivity contribution in [2.45, 2.75) is 19.9 Å². The van der Waals surface area contributed by atoms with Gasteiger partial charge in [-0.1, -0.05) is 66.2 Å². The summed E-state index contributed by atoms with van der Waals surface area (Å²) in [6, 6.07) is 26.1. The number of carbonyl (C=O) groups is 2. The highest BCUT2D eigenvalue weighted by Gasteiger charge is 2.35. The molecule has 1 aliphatic rings. The highest BCUT2D eigenvalue weighted by atomic mass is 16.2. The van der Waals surface area contributed by atoms with Crippen molar-refractivity contribution < 1.29 is 9.59 Å². The topological polar surface area (TPSA) is 88.0 Å². The molecule has 2 heterocycles. The first-order valence-electron chi connectivity index (χ1n) is 11.4. The van der Waals surface area contributed by atoms with E-state index in [0.29, 0.717) is 34.0 Å². The molecule has 3 aromatic carbocycles. The van der Waals surface area contributed by atoms with E-state index in [9.17, 15) is 9.59 Å². The van der Waals surface area contributed by atoms with Crippen molar-refractivity contribution in [2.75, 3.05) is 16.0 Å². The molecule has 0 saturated carbocycles. The van der Waals surface area contributed by atoms with Crippen molar-refractivity contribution in [3.63, 3.8) is 0 Å². The van der Waals surface area contributed by atoms with Crippen LogP contribution in [0.15, 0.2) is 102 Å². The van der Waals surface area contributed by atoms with Crippen LogP contribution in [0.4, 0.5) is 17.2 Å². The van der Waals surface area contributed by atoms with Crippen LogP contribution in [-0.4, -0.2) is 21.6 Å². The Hall–Kier alpha value is -4.65. The zero-order valence-electron chi connectivity index (χ0n) is 19.4. The summed E-state index contributed by atoms with van der Waals surface area (Å²) in [6.07, 6.45) is 1.54. The third-order valence-corrected chi connectivity index (χ3v) is 5.93. The number of aryl methyl sites for hydroxylation is 1. The van der Waals surface area contributed by atoms with E-state index in [0.717, 1.165) is 11.1 Å². The number of hydrogen-bond donors (Lipinski definition) is 3. The molecule has 0 spiro atoms. The maximum atomic E-state index is 13.5. The number of anilines is 3. The third kappa shape index (κ3) is 4.44. The lowest BCUT2D eigenvalue weighted by atomic mass is 9.93. The Morgan fingerprint density at radius 1 is 0.829 bits per heavy atom. The Morgan fingerprint density at radius 2 is 1.46 bits per heavy atom. The van der Waals surface area contributed by atoms with Gasteiger partial charge in [-0.2, -0.15) is 5.10 Å². The molecule has 7 nitrogen and oxygen atoms in total. The summed E-state index contributed by atoms with van der Waals surface area (Å²) in [4.78, 5) is 26.6. The quantitative estimate of drug-likeness (QED) is 0.371. The second kappa shape index (κ2) is 9.30. The Kier molecular flexibility index (Phi) is 5.89. The highest BCUT2D eigenvalue weighted by Crippen LogP contribution is 2.38. The molecule has 0 aliphatic carbocycles. The molecule has 1 aromatic heterocycles. The number of aromatic nitrogens is 2. The third-order valence-electron chi connectivity index (χ3n) is 5.93. The smallest absolute Gasteiger partial charge is 0.261 e. The van der Waals surface area contributed by atoms with Crippen LogP contribution >= 0.6 is 0 Å². The molecule has 3 N–H and O–H groups in total. The second-order valence-corrected chi connectivity index (χ2v) is 8.47. The van der Waals surface area contributed by atoms with E-state index in [2.05, 4.69) is 21.0 Å². The molecular weight excluding hydrogens is 438 g/mol. The molecule has 1 atom stereocenters. The normalized spacial score (nSPS) is 14.6. The number of para-hydroxylation sites is 2. The highest BCUT2D eigenvalue weighted by molar-refractivity contribution is 6.09. The molecule has 0 unspecified atom stereocenters. The SMILES string of the molecule is CC1=C(C(=O)Nc2ccccc2)[C@@H](c2cccc(C)c2)n2ncc(C(=O)Nc3ccccc3)c2N1. The van der Waals surface area contributed by atoms with Crippen LogP contribution in [0.2, 0.25) is 0 Å². The molecule has 7 heteroatoms. The number of carbonyl (C=O) groups excluding carboxylic acids is 2. The molecule has 2 amide bonds. The van der Waals surface area contributed by atoms with E-state index in [1.165, 1.54) is 6.20 Å². The predicted molar refractivity (Wildman–Crippen MR) is 137 cm³/mol. The first-order chi connectivity index (χ1) is 17.0. The molecular formula is C28H25N5O2. The van der Waals surface area contributed by atoms with E-state index in [4.69, 9.17) is 0 Å². The van der Waals surface area contributed by atoms with Gasteiger partial charge in [0, 0.05) is 17.1 Å². The molecule has 0 bridgehead atoms. The second-order valence-electron chi connectivity index (χ2n) is 8.47. The summed E-state index contributed by atoms with van der Waals surface area (Å²) in [7, 11) is 0. The molecule has 35 heavy (non-hydrogen) atoms. The Morgan fingerprint density at radius 3 is 2.09 bits per heavy atom. The van der Waals surface area contributed by atoms with Crippen LogP contribution in [-0.2, 0) is 4.79 Å². The number of amides is 2. The maximum absolute atomic E-state index is 13.5. The summed E-state index contributed by atoms with van der Waals surface area (Å²) >= 11 is 0. The molecule has 0 fully saturated rings. The summed E-state index contributed by atoms with van der Waals surface area (Å²) in [5, 5.41) is 13.7. The fraction of sp³-hybridized carbons (Fsp3) is 0.107. The maximum Gasteiger partial charge on any atom is 0.261 e. The molecule has 0 radical (unpaired) electrons. The lowest BCUT2D eigenvalue weighted by Crippen LogP contribution is -2.32. The van der Waals surface area contributed by atoms with Crippen molar-refractivity contribution in [1.82, 2.24) is 9.78 Å². The summed E-state index contributed by atoms with van der Waals surface area (Å²) in [6.45, 7) is 3.85. The van der Waals surface area contributed by atoms with Gasteiger partial charge in [0.15, 0.2) is 0 Å². The van der Waals surface area contributed by atoms with Gasteiger partial charge in [0.25, 0.3) is 11.8 Å². The first-order valence-corrected chi connectivity index (χ1v) is 11.4. The monoisotopic (exact) mass is 463 g/mol. The average molecular weight is 464 g/mol. The standard InChI is InChI=1S/C28H25N5O2/c1-18-10-9-11-20(16-18)25-24(28(35)32-22-14-7-4-8-15-22)19(2)30-26-23(17-29-33(25)26)27(34)31-21-12-5-3-6-13-21/h3-17,25,30H,1-2H3,(H,31,34)(H,32,35)/t25-/m1/s1. The minimum atomic E-state index is -0.506. The first kappa shape index (κ1) is 22.2. The number of allylic oxidation sites excluding steroid dienone is 1. The predicted octanol–water partition coefficient (Wildman–Crippen LogP) is 5.37. The van der Waals surface area contributed by atoms with Gasteiger partial charge in [-0.05, 0) is 43.7 Å². The number of benzene rings is 3. The minimum absolute atomic E-state index is 0.232. The molecule has 1 aliphatic heterocycles. The van der Waals surface area contributed by atoms with Crippen LogP contribution in [0.5, 0.6) is 0 Å². The fourth-order valence-corrected chi connectivity index (χ4v) is 4.30. The molecule has 4 aromatic rings. The van der Waals surface area contributed by atoms with E-state index in [1.54, 1.807) is 4.68 Å². The van der Waals surface area contributed by atoms with Crippen LogP contribution < -0.4 is 16.0 Å². The van der Waals surface area contributed by atoms with Crippen molar-refractivity contribution in [3.05, 3.63) is 119 Å². The summed E-state index contributed by atoms with van der Waals surface area (Å²) in [5.41, 5.74) is 4.96. The van der Waals surface area contributed by atoms with Gasteiger partial charge in [-0.3, -0.25) is 9.59 Å². The zero-order chi connectivity index (χ0) is 24.4. The zero-order valence-corrected chi connectivity index (χ0v) is 19.4. The van der Waals surface area contributed by atoms with Crippen LogP contribution in [0.3, 0.4) is 0 Å². The molecule has 174 valence electrons. The lowest BCUT2D eigenvalue weighted by Gasteiger charge is -2.30. The van der Waals surface area contributed by atoms with Crippen molar-refractivity contribution in [2.24, 2.45) is 0 Å². The Balaban J connectivity index is 1.55. The number of fused-ring (bicyclic) bond motifs is 1. The van der Waals surface area contributed by atoms with Crippen LogP contribution in [0.1, 0.15) is 34.5 Å². The van der Waals surface area contributed by atoms with E-state index < -0.39 is 6.04 Å². The van der Waals surface area contributed by atoms with Gasteiger partial charge >= 0.3 is 0 Å². The molecule has 0 saturated heterocycles. The largest absolute Gasteiger partial charge is 0.343 e. The van der Waals surface area contributed by atoms with E-state index in [-0.39, 0.29) is 11.8 Å².